The van der Waals surface area contributed by atoms with Gasteiger partial charge in [0.25, 0.3) is 0 Å². The molecule has 1 rings (SSSR count). The van der Waals surface area contributed by atoms with Gasteiger partial charge in [0.2, 0.25) is 0 Å². The first-order valence-electron chi connectivity index (χ1n) is 4.07. The summed E-state index contributed by atoms with van der Waals surface area (Å²) in [5.74, 6) is 0. The van der Waals surface area contributed by atoms with Crippen molar-refractivity contribution in [1.29, 1.82) is 0 Å². The van der Waals surface area contributed by atoms with Crippen molar-refractivity contribution in [3.63, 3.8) is 0 Å². The van der Waals surface area contributed by atoms with E-state index in [-0.39, 0.29) is 6.04 Å². The third kappa shape index (κ3) is 2.65. The summed E-state index contributed by atoms with van der Waals surface area (Å²) in [6, 6.07) is 7.28. The van der Waals surface area contributed by atoms with Gasteiger partial charge in [0.1, 0.15) is 0 Å². The lowest BCUT2D eigenvalue weighted by molar-refractivity contribution is 0.693. The fourth-order valence-electron chi connectivity index (χ4n) is 1.13. The van der Waals surface area contributed by atoms with Gasteiger partial charge in [0.05, 0.1) is 6.04 Å². The molecule has 1 aromatic carbocycles. The van der Waals surface area contributed by atoms with Crippen molar-refractivity contribution in [3.8, 4) is 0 Å². The van der Waals surface area contributed by atoms with Crippen LogP contribution in [0.5, 0.6) is 0 Å². The summed E-state index contributed by atoms with van der Waals surface area (Å²) in [4.78, 5) is 2.80. The molecule has 0 saturated heterocycles. The molecule has 0 aliphatic rings. The van der Waals surface area contributed by atoms with E-state index in [2.05, 4.69) is 10.0 Å². The van der Waals surface area contributed by atoms with E-state index in [0.29, 0.717) is 5.02 Å². The second kappa shape index (κ2) is 4.75. The summed E-state index contributed by atoms with van der Waals surface area (Å²) in [7, 11) is 0. The highest BCUT2D eigenvalue weighted by molar-refractivity contribution is 6.30. The molecule has 0 unspecified atom stereocenters. The number of hydrogen-bond donors (Lipinski definition) is 0. The van der Waals surface area contributed by atoms with Gasteiger partial charge in [0.15, 0.2) is 0 Å². The van der Waals surface area contributed by atoms with Crippen LogP contribution in [0.25, 0.3) is 10.4 Å². The van der Waals surface area contributed by atoms with Gasteiger partial charge >= 0.3 is 0 Å². The van der Waals surface area contributed by atoms with Crippen molar-refractivity contribution < 1.29 is 0 Å². The van der Waals surface area contributed by atoms with Gasteiger partial charge in [-0.1, -0.05) is 35.8 Å². The number of rotatable bonds is 3. The molecule has 0 heterocycles. The Bertz CT molecular complexity index is 314. The van der Waals surface area contributed by atoms with Crippen LogP contribution in [0.15, 0.2) is 29.4 Å². The average molecular weight is 196 g/mol. The zero-order chi connectivity index (χ0) is 9.68. The lowest BCUT2D eigenvalue weighted by atomic mass is 10.1. The van der Waals surface area contributed by atoms with Crippen LogP contribution in [-0.4, -0.2) is 0 Å². The molecule has 1 aromatic rings. The second-order valence-corrected chi connectivity index (χ2v) is 3.12. The zero-order valence-corrected chi connectivity index (χ0v) is 8.07. The maximum atomic E-state index is 8.32. The van der Waals surface area contributed by atoms with Crippen LogP contribution in [0.2, 0.25) is 5.02 Å². The first-order chi connectivity index (χ1) is 6.27. The summed E-state index contributed by atoms with van der Waals surface area (Å²) in [6.07, 6.45) is 0.797. The van der Waals surface area contributed by atoms with Crippen molar-refractivity contribution in [1.82, 2.24) is 0 Å². The second-order valence-electron chi connectivity index (χ2n) is 2.68. The van der Waals surface area contributed by atoms with Crippen molar-refractivity contribution in [2.75, 3.05) is 0 Å². The maximum Gasteiger partial charge on any atom is 0.0622 e. The van der Waals surface area contributed by atoms with Crippen LogP contribution >= 0.6 is 11.6 Å². The first-order valence-corrected chi connectivity index (χ1v) is 4.45. The van der Waals surface area contributed by atoms with Crippen LogP contribution in [0.3, 0.4) is 0 Å². The molecule has 0 amide bonds. The highest BCUT2D eigenvalue weighted by Crippen LogP contribution is 2.22. The van der Waals surface area contributed by atoms with Crippen molar-refractivity contribution >= 4 is 11.6 Å². The monoisotopic (exact) mass is 195 g/mol. The molecule has 0 bridgehead atoms. The van der Waals surface area contributed by atoms with E-state index in [9.17, 15) is 0 Å². The van der Waals surface area contributed by atoms with Crippen LogP contribution in [0, 0.1) is 0 Å². The van der Waals surface area contributed by atoms with Gasteiger partial charge in [-0.2, -0.15) is 0 Å². The number of benzene rings is 1. The van der Waals surface area contributed by atoms with Crippen LogP contribution < -0.4 is 0 Å². The Morgan fingerprint density at radius 3 is 2.54 bits per heavy atom. The van der Waals surface area contributed by atoms with E-state index < -0.39 is 0 Å². The summed E-state index contributed by atoms with van der Waals surface area (Å²) < 4.78 is 0. The standard InChI is InChI=1S/C9H10ClN3/c1-2-9(12-13-11)7-3-5-8(10)6-4-7/h3-6,9H,2H2,1H3/t9-/m1/s1. The number of nitrogens with zero attached hydrogens (tertiary/aromatic N) is 3. The highest BCUT2D eigenvalue weighted by Gasteiger charge is 2.05. The minimum Gasteiger partial charge on any atom is -0.0859 e. The Balaban J connectivity index is 2.91. The summed E-state index contributed by atoms with van der Waals surface area (Å²) in [5.41, 5.74) is 9.32. The minimum atomic E-state index is -0.0812. The highest BCUT2D eigenvalue weighted by atomic mass is 35.5. The molecular weight excluding hydrogens is 186 g/mol. The van der Waals surface area contributed by atoms with E-state index in [4.69, 9.17) is 17.1 Å². The van der Waals surface area contributed by atoms with Gasteiger partial charge < -0.3 is 0 Å². The molecule has 3 nitrogen and oxygen atoms in total. The largest absolute Gasteiger partial charge is 0.0859 e. The molecule has 0 aliphatic heterocycles. The molecule has 0 fully saturated rings. The van der Waals surface area contributed by atoms with E-state index >= 15 is 0 Å². The van der Waals surface area contributed by atoms with Crippen LogP contribution in [0.1, 0.15) is 24.9 Å². The van der Waals surface area contributed by atoms with Crippen molar-refractivity contribution in [3.05, 3.63) is 45.3 Å². The molecule has 0 saturated carbocycles. The van der Waals surface area contributed by atoms with E-state index in [1.807, 2.05) is 19.1 Å². The molecule has 0 radical (unpaired) electrons. The number of hydrogen-bond acceptors (Lipinski definition) is 1. The Kier molecular flexibility index (Phi) is 3.62. The molecule has 0 aromatic heterocycles. The van der Waals surface area contributed by atoms with Crippen molar-refractivity contribution in [2.45, 2.75) is 19.4 Å². The summed E-state index contributed by atoms with van der Waals surface area (Å²) >= 11 is 5.73. The van der Waals surface area contributed by atoms with Gasteiger partial charge in [0, 0.05) is 9.93 Å². The predicted octanol–water partition coefficient (Wildman–Crippen LogP) is 4.10. The number of azide groups is 1. The fourth-order valence-corrected chi connectivity index (χ4v) is 1.26. The Morgan fingerprint density at radius 2 is 2.08 bits per heavy atom. The van der Waals surface area contributed by atoms with Gasteiger partial charge in [-0.25, -0.2) is 0 Å². The molecule has 0 N–H and O–H groups in total. The lowest BCUT2D eigenvalue weighted by Crippen LogP contribution is -1.91. The topological polar surface area (TPSA) is 48.8 Å². The Morgan fingerprint density at radius 1 is 1.46 bits per heavy atom. The molecule has 0 aliphatic carbocycles. The van der Waals surface area contributed by atoms with Crippen LogP contribution in [-0.2, 0) is 0 Å². The summed E-state index contributed by atoms with van der Waals surface area (Å²) in [5, 5.41) is 4.37. The molecule has 0 spiro atoms. The predicted molar refractivity (Wildman–Crippen MR) is 53.6 cm³/mol. The fraction of sp³-hybridized carbons (Fsp3) is 0.333. The third-order valence-corrected chi connectivity index (χ3v) is 2.08. The molecule has 4 heteroatoms. The minimum absolute atomic E-state index is 0.0812. The van der Waals surface area contributed by atoms with Crippen LogP contribution in [0.4, 0.5) is 0 Å². The van der Waals surface area contributed by atoms with E-state index in [1.165, 1.54) is 0 Å². The molecule has 68 valence electrons. The Hall–Kier alpha value is -1.18. The third-order valence-electron chi connectivity index (χ3n) is 1.83. The quantitative estimate of drug-likeness (QED) is 0.396. The molecular formula is C9H10ClN3. The number of halogens is 1. The van der Waals surface area contributed by atoms with Gasteiger partial charge in [-0.3, -0.25) is 0 Å². The SMILES string of the molecule is CC[C@@H](N=[N+]=[N-])c1ccc(Cl)cc1. The van der Waals surface area contributed by atoms with Crippen molar-refractivity contribution in [2.24, 2.45) is 5.11 Å². The zero-order valence-electron chi connectivity index (χ0n) is 7.31. The molecule has 13 heavy (non-hydrogen) atoms. The summed E-state index contributed by atoms with van der Waals surface area (Å²) in [6.45, 7) is 1.98. The molecule has 1 atom stereocenters. The smallest absolute Gasteiger partial charge is 0.0622 e. The van der Waals surface area contributed by atoms with E-state index in [0.717, 1.165) is 12.0 Å². The lowest BCUT2D eigenvalue weighted by Gasteiger charge is -2.07. The van der Waals surface area contributed by atoms with Gasteiger partial charge in [-0.15, -0.1) is 0 Å². The normalized spacial score (nSPS) is 11.8. The maximum absolute atomic E-state index is 8.32. The average Bonchev–Trinajstić information content (AvgIpc) is 2.16. The van der Waals surface area contributed by atoms with E-state index in [1.54, 1.807) is 12.1 Å². The Labute approximate surface area is 82.0 Å². The first kappa shape index (κ1) is 9.90. The van der Waals surface area contributed by atoms with Gasteiger partial charge in [-0.05, 0) is 29.6 Å².